The maximum atomic E-state index is 11.3. The number of hydrogen-bond donors (Lipinski definition) is 3. The Morgan fingerprint density at radius 3 is 2.59 bits per heavy atom. The van der Waals surface area contributed by atoms with Crippen LogP contribution in [0.1, 0.15) is 5.56 Å². The Hall–Kier alpha value is -2.01. The molecule has 0 aliphatic rings. The SMILES string of the molecule is C=C(O)[C@@H](CO)NC(=O)OCc1ccccc1. The smallest absolute Gasteiger partial charge is 0.408 e. The third kappa shape index (κ3) is 4.56. The molecule has 1 aromatic rings. The zero-order chi connectivity index (χ0) is 12.7. The molecular formula is C12H15NO4. The van der Waals surface area contributed by atoms with Gasteiger partial charge in [0.05, 0.1) is 6.61 Å². The molecule has 0 saturated carbocycles. The second-order valence-electron chi connectivity index (χ2n) is 3.43. The van der Waals surface area contributed by atoms with Gasteiger partial charge in [0.15, 0.2) is 0 Å². The molecule has 0 spiro atoms. The minimum atomic E-state index is -0.904. The zero-order valence-corrected chi connectivity index (χ0v) is 9.30. The van der Waals surface area contributed by atoms with E-state index in [9.17, 15) is 4.79 Å². The van der Waals surface area contributed by atoms with Gasteiger partial charge in [0.2, 0.25) is 0 Å². The third-order valence-corrected chi connectivity index (χ3v) is 2.09. The molecule has 5 heteroatoms. The van der Waals surface area contributed by atoms with Crippen LogP contribution in [0.5, 0.6) is 0 Å². The van der Waals surface area contributed by atoms with Crippen molar-refractivity contribution in [3.63, 3.8) is 0 Å². The number of aliphatic hydroxyl groups excluding tert-OH is 2. The Kier molecular flexibility index (Phi) is 5.03. The highest BCUT2D eigenvalue weighted by molar-refractivity contribution is 5.68. The average molecular weight is 237 g/mol. The van der Waals surface area contributed by atoms with Crippen molar-refractivity contribution in [2.45, 2.75) is 12.6 Å². The van der Waals surface area contributed by atoms with Crippen LogP contribution >= 0.6 is 0 Å². The number of nitrogens with one attached hydrogen (secondary N) is 1. The number of alkyl carbamates (subject to hydrolysis) is 1. The van der Waals surface area contributed by atoms with E-state index in [0.717, 1.165) is 5.56 Å². The minimum Gasteiger partial charge on any atom is -0.511 e. The molecule has 1 aromatic carbocycles. The van der Waals surface area contributed by atoms with Crippen LogP contribution < -0.4 is 5.32 Å². The molecule has 1 amide bonds. The van der Waals surface area contributed by atoms with E-state index in [1.165, 1.54) is 0 Å². The molecule has 0 saturated heterocycles. The molecule has 92 valence electrons. The number of aliphatic hydroxyl groups is 2. The Labute approximate surface area is 99.3 Å². The molecule has 0 fully saturated rings. The largest absolute Gasteiger partial charge is 0.511 e. The summed E-state index contributed by atoms with van der Waals surface area (Å²) >= 11 is 0. The van der Waals surface area contributed by atoms with Gasteiger partial charge in [0.1, 0.15) is 18.4 Å². The summed E-state index contributed by atoms with van der Waals surface area (Å²) in [5, 5.41) is 20.1. The van der Waals surface area contributed by atoms with E-state index in [4.69, 9.17) is 14.9 Å². The topological polar surface area (TPSA) is 78.8 Å². The van der Waals surface area contributed by atoms with Crippen LogP contribution in [0.4, 0.5) is 4.79 Å². The fourth-order valence-corrected chi connectivity index (χ4v) is 1.14. The first kappa shape index (κ1) is 13.1. The first-order chi connectivity index (χ1) is 8.13. The summed E-state index contributed by atoms with van der Waals surface area (Å²) in [6, 6.07) is 8.27. The van der Waals surface area contributed by atoms with E-state index in [1.807, 2.05) is 30.3 Å². The highest BCUT2D eigenvalue weighted by Gasteiger charge is 2.14. The Bertz CT molecular complexity index is 377. The third-order valence-electron chi connectivity index (χ3n) is 2.09. The van der Waals surface area contributed by atoms with Crippen molar-refractivity contribution in [3.8, 4) is 0 Å². The van der Waals surface area contributed by atoms with Gasteiger partial charge < -0.3 is 20.3 Å². The van der Waals surface area contributed by atoms with Crippen molar-refractivity contribution in [2.75, 3.05) is 6.61 Å². The zero-order valence-electron chi connectivity index (χ0n) is 9.30. The average Bonchev–Trinajstić information content (AvgIpc) is 2.34. The van der Waals surface area contributed by atoms with Crippen molar-refractivity contribution >= 4 is 6.09 Å². The van der Waals surface area contributed by atoms with Crippen molar-refractivity contribution in [3.05, 3.63) is 48.2 Å². The Morgan fingerprint density at radius 1 is 1.41 bits per heavy atom. The van der Waals surface area contributed by atoms with Crippen molar-refractivity contribution < 1.29 is 19.7 Å². The van der Waals surface area contributed by atoms with Gasteiger partial charge in [-0.3, -0.25) is 0 Å². The molecule has 5 nitrogen and oxygen atoms in total. The first-order valence-corrected chi connectivity index (χ1v) is 5.09. The summed E-state index contributed by atoms with van der Waals surface area (Å²) in [5.41, 5.74) is 0.853. The number of hydrogen-bond acceptors (Lipinski definition) is 4. The molecule has 1 atom stereocenters. The fraction of sp³-hybridized carbons (Fsp3) is 0.250. The molecule has 0 aliphatic heterocycles. The van der Waals surface area contributed by atoms with E-state index in [1.54, 1.807) is 0 Å². The Morgan fingerprint density at radius 2 is 2.06 bits per heavy atom. The van der Waals surface area contributed by atoms with Crippen LogP contribution in [0.15, 0.2) is 42.7 Å². The molecule has 0 radical (unpaired) electrons. The van der Waals surface area contributed by atoms with E-state index in [-0.39, 0.29) is 12.4 Å². The van der Waals surface area contributed by atoms with E-state index in [2.05, 4.69) is 11.9 Å². The molecule has 3 N–H and O–H groups in total. The summed E-state index contributed by atoms with van der Waals surface area (Å²) in [6.45, 7) is 2.92. The Balaban J connectivity index is 2.37. The van der Waals surface area contributed by atoms with Crippen molar-refractivity contribution in [1.82, 2.24) is 5.32 Å². The van der Waals surface area contributed by atoms with Gasteiger partial charge in [0, 0.05) is 0 Å². The molecule has 0 unspecified atom stereocenters. The normalized spacial score (nSPS) is 11.6. The second kappa shape index (κ2) is 6.55. The summed E-state index contributed by atoms with van der Waals surface area (Å²) in [6.07, 6.45) is -0.719. The van der Waals surface area contributed by atoms with Crippen molar-refractivity contribution in [2.24, 2.45) is 0 Å². The first-order valence-electron chi connectivity index (χ1n) is 5.09. The number of rotatable bonds is 5. The maximum Gasteiger partial charge on any atom is 0.408 e. The molecule has 17 heavy (non-hydrogen) atoms. The monoisotopic (exact) mass is 237 g/mol. The summed E-state index contributed by atoms with van der Waals surface area (Å²) in [7, 11) is 0. The molecular weight excluding hydrogens is 222 g/mol. The van der Waals surface area contributed by atoms with E-state index < -0.39 is 18.7 Å². The van der Waals surface area contributed by atoms with Crippen LogP contribution in [-0.2, 0) is 11.3 Å². The number of amides is 1. The van der Waals surface area contributed by atoms with Gasteiger partial charge in [0.25, 0.3) is 0 Å². The molecule has 0 heterocycles. The van der Waals surface area contributed by atoms with Crippen LogP contribution in [-0.4, -0.2) is 29.0 Å². The van der Waals surface area contributed by atoms with E-state index >= 15 is 0 Å². The highest BCUT2D eigenvalue weighted by Crippen LogP contribution is 2.01. The summed E-state index contributed by atoms with van der Waals surface area (Å²) in [5.74, 6) is -0.316. The maximum absolute atomic E-state index is 11.3. The van der Waals surface area contributed by atoms with Gasteiger partial charge in [-0.2, -0.15) is 0 Å². The lowest BCUT2D eigenvalue weighted by molar-refractivity contribution is 0.127. The molecule has 0 aromatic heterocycles. The second-order valence-corrected chi connectivity index (χ2v) is 3.43. The number of benzene rings is 1. The molecule has 0 bridgehead atoms. The standard InChI is InChI=1S/C12H15NO4/c1-9(15)11(7-14)13-12(16)17-8-10-5-3-2-4-6-10/h2-6,11,14-15H,1,7-8H2,(H,13,16)/t11-/m1/s1. The van der Waals surface area contributed by atoms with E-state index in [0.29, 0.717) is 0 Å². The predicted octanol–water partition coefficient (Wildman–Crippen LogP) is 1.35. The fourth-order valence-electron chi connectivity index (χ4n) is 1.14. The van der Waals surface area contributed by atoms with Gasteiger partial charge in [-0.05, 0) is 5.56 Å². The molecule has 1 rings (SSSR count). The quantitative estimate of drug-likeness (QED) is 0.675. The van der Waals surface area contributed by atoms with Crippen LogP contribution in [0.25, 0.3) is 0 Å². The molecule has 0 aliphatic carbocycles. The lowest BCUT2D eigenvalue weighted by Gasteiger charge is -2.14. The minimum absolute atomic E-state index is 0.128. The summed E-state index contributed by atoms with van der Waals surface area (Å²) in [4.78, 5) is 11.3. The lowest BCUT2D eigenvalue weighted by atomic mass is 10.2. The van der Waals surface area contributed by atoms with Crippen LogP contribution in [0.2, 0.25) is 0 Å². The number of ether oxygens (including phenoxy) is 1. The van der Waals surface area contributed by atoms with Crippen LogP contribution in [0, 0.1) is 0 Å². The summed E-state index contributed by atoms with van der Waals surface area (Å²) < 4.78 is 4.90. The van der Waals surface area contributed by atoms with Crippen LogP contribution in [0.3, 0.4) is 0 Å². The van der Waals surface area contributed by atoms with Gasteiger partial charge >= 0.3 is 6.09 Å². The van der Waals surface area contributed by atoms with Gasteiger partial charge in [-0.1, -0.05) is 36.9 Å². The van der Waals surface area contributed by atoms with Crippen molar-refractivity contribution in [1.29, 1.82) is 0 Å². The van der Waals surface area contributed by atoms with Gasteiger partial charge in [-0.15, -0.1) is 0 Å². The van der Waals surface area contributed by atoms with Gasteiger partial charge in [-0.25, -0.2) is 4.79 Å². The predicted molar refractivity (Wildman–Crippen MR) is 62.4 cm³/mol. The number of carbonyl (C=O) groups is 1. The highest BCUT2D eigenvalue weighted by atomic mass is 16.5. The lowest BCUT2D eigenvalue weighted by Crippen LogP contribution is -2.38. The number of carbonyl (C=O) groups excluding carboxylic acids is 1.